The second-order valence-corrected chi connectivity index (χ2v) is 7.15. The molecule has 1 aliphatic rings. The van der Waals surface area contributed by atoms with Gasteiger partial charge >= 0.3 is 0 Å². The highest BCUT2D eigenvalue weighted by Crippen LogP contribution is 2.25. The van der Waals surface area contributed by atoms with Gasteiger partial charge in [-0.3, -0.25) is 0 Å². The minimum Gasteiger partial charge on any atom is -0.496 e. The van der Waals surface area contributed by atoms with Crippen molar-refractivity contribution >= 4 is 10.0 Å². The van der Waals surface area contributed by atoms with Gasteiger partial charge in [0.05, 0.1) is 24.2 Å². The summed E-state index contributed by atoms with van der Waals surface area (Å²) >= 11 is 0. The number of rotatable bonds is 3. The lowest BCUT2D eigenvalue weighted by molar-refractivity contribution is -0.0440. The van der Waals surface area contributed by atoms with Crippen LogP contribution in [-0.4, -0.2) is 45.1 Å². The zero-order valence-electron chi connectivity index (χ0n) is 12.3. The molecule has 1 aromatic carbocycles. The molecule has 1 saturated heterocycles. The summed E-state index contributed by atoms with van der Waals surface area (Å²) in [7, 11) is -1.91. The van der Waals surface area contributed by atoms with Gasteiger partial charge in [0, 0.05) is 13.1 Å². The van der Waals surface area contributed by atoms with E-state index in [1.807, 2.05) is 20.8 Å². The van der Waals surface area contributed by atoms with Crippen LogP contribution in [-0.2, 0) is 14.8 Å². The molecule has 0 amide bonds. The number of hydrogen-bond acceptors (Lipinski definition) is 4. The Bertz CT molecular complexity index is 575. The van der Waals surface area contributed by atoms with E-state index in [-0.39, 0.29) is 12.2 Å². The molecule has 0 aliphatic carbocycles. The summed E-state index contributed by atoms with van der Waals surface area (Å²) in [5.41, 5.74) is 0.808. The highest BCUT2D eigenvalue weighted by molar-refractivity contribution is 7.89. The van der Waals surface area contributed by atoms with Crippen molar-refractivity contribution in [3.05, 3.63) is 23.8 Å². The van der Waals surface area contributed by atoms with Crippen molar-refractivity contribution < 1.29 is 17.9 Å². The minimum atomic E-state index is -3.48. The van der Waals surface area contributed by atoms with Crippen LogP contribution >= 0.6 is 0 Å². The number of methoxy groups -OCH3 is 1. The molecular formula is C14H21NO4S. The predicted molar refractivity (Wildman–Crippen MR) is 76.5 cm³/mol. The first-order chi connectivity index (χ1) is 9.34. The van der Waals surface area contributed by atoms with Crippen LogP contribution in [0.4, 0.5) is 0 Å². The van der Waals surface area contributed by atoms with E-state index in [1.165, 1.54) is 4.31 Å². The van der Waals surface area contributed by atoms with Gasteiger partial charge in [-0.25, -0.2) is 8.42 Å². The van der Waals surface area contributed by atoms with Gasteiger partial charge in [-0.2, -0.15) is 4.31 Å². The van der Waals surface area contributed by atoms with Crippen molar-refractivity contribution in [2.45, 2.75) is 37.9 Å². The summed E-state index contributed by atoms with van der Waals surface area (Å²) in [6.07, 6.45) is -0.180. The highest BCUT2D eigenvalue weighted by Gasteiger charge is 2.32. The van der Waals surface area contributed by atoms with E-state index in [4.69, 9.17) is 9.47 Å². The Hall–Kier alpha value is -1.11. The Balaban J connectivity index is 2.32. The third kappa shape index (κ3) is 2.97. The summed E-state index contributed by atoms with van der Waals surface area (Å²) in [4.78, 5) is 0.303. The number of sulfonamides is 1. The molecular weight excluding hydrogens is 278 g/mol. The summed E-state index contributed by atoms with van der Waals surface area (Å²) in [6, 6.07) is 4.93. The maximum Gasteiger partial charge on any atom is 0.243 e. The van der Waals surface area contributed by atoms with Crippen molar-refractivity contribution in [3.63, 3.8) is 0 Å². The molecule has 0 saturated carbocycles. The van der Waals surface area contributed by atoms with Crippen LogP contribution in [0.5, 0.6) is 5.75 Å². The van der Waals surface area contributed by atoms with Crippen LogP contribution < -0.4 is 4.74 Å². The van der Waals surface area contributed by atoms with Crippen molar-refractivity contribution in [2.75, 3.05) is 20.2 Å². The van der Waals surface area contributed by atoms with E-state index in [2.05, 4.69) is 0 Å². The fourth-order valence-electron chi connectivity index (χ4n) is 2.49. The number of aryl methyl sites for hydroxylation is 1. The van der Waals surface area contributed by atoms with E-state index in [0.717, 1.165) is 5.56 Å². The fraction of sp³-hybridized carbons (Fsp3) is 0.571. The standard InChI is InChI=1S/C14H21NO4S/c1-10-7-13(5-6-14(10)18-4)20(16,17)15-8-11(2)19-12(3)9-15/h5-7,11-12H,8-9H2,1-4H3/t11-,12-/m1/s1. The first kappa shape index (κ1) is 15.3. The summed E-state index contributed by atoms with van der Waals surface area (Å²) in [5.74, 6) is 0.688. The number of hydrogen-bond donors (Lipinski definition) is 0. The SMILES string of the molecule is COc1ccc(S(=O)(=O)N2C[C@@H](C)O[C@H](C)C2)cc1C. The summed E-state index contributed by atoms with van der Waals surface area (Å²) in [5, 5.41) is 0. The quantitative estimate of drug-likeness (QED) is 0.854. The maximum atomic E-state index is 12.7. The average Bonchev–Trinajstić information content (AvgIpc) is 2.37. The van der Waals surface area contributed by atoms with Crippen LogP contribution in [0.15, 0.2) is 23.1 Å². The predicted octanol–water partition coefficient (Wildman–Crippen LogP) is 1.80. The molecule has 5 nitrogen and oxygen atoms in total. The zero-order chi connectivity index (χ0) is 14.9. The van der Waals surface area contributed by atoms with E-state index < -0.39 is 10.0 Å². The second kappa shape index (κ2) is 5.71. The minimum absolute atomic E-state index is 0.0899. The van der Waals surface area contributed by atoms with Gasteiger partial charge in [-0.15, -0.1) is 0 Å². The first-order valence-electron chi connectivity index (χ1n) is 6.65. The molecule has 1 aromatic rings. The number of nitrogens with zero attached hydrogens (tertiary/aromatic N) is 1. The van der Waals surface area contributed by atoms with E-state index in [9.17, 15) is 8.42 Å². The molecule has 0 spiro atoms. The van der Waals surface area contributed by atoms with Gasteiger partial charge in [0.15, 0.2) is 0 Å². The topological polar surface area (TPSA) is 55.8 Å². The molecule has 2 rings (SSSR count). The molecule has 0 unspecified atom stereocenters. The average molecular weight is 299 g/mol. The van der Waals surface area contributed by atoms with E-state index in [0.29, 0.717) is 23.7 Å². The van der Waals surface area contributed by atoms with E-state index >= 15 is 0 Å². The number of ether oxygens (including phenoxy) is 2. The van der Waals surface area contributed by atoms with Gasteiger partial charge in [-0.05, 0) is 44.5 Å². The molecule has 112 valence electrons. The van der Waals surface area contributed by atoms with Crippen LogP contribution in [0.3, 0.4) is 0 Å². The molecule has 0 aromatic heterocycles. The number of benzene rings is 1. The summed E-state index contributed by atoms with van der Waals surface area (Å²) in [6.45, 7) is 6.38. The van der Waals surface area contributed by atoms with Crippen molar-refractivity contribution in [1.29, 1.82) is 0 Å². The second-order valence-electron chi connectivity index (χ2n) is 5.21. The Kier molecular flexibility index (Phi) is 4.36. The molecule has 1 heterocycles. The van der Waals surface area contributed by atoms with Crippen LogP contribution in [0, 0.1) is 6.92 Å². The van der Waals surface area contributed by atoms with Gasteiger partial charge < -0.3 is 9.47 Å². The fourth-order valence-corrected chi connectivity index (χ4v) is 4.16. The van der Waals surface area contributed by atoms with Crippen LogP contribution in [0.25, 0.3) is 0 Å². The van der Waals surface area contributed by atoms with Gasteiger partial charge in [0.2, 0.25) is 10.0 Å². The molecule has 6 heteroatoms. The number of morpholine rings is 1. The van der Waals surface area contributed by atoms with Gasteiger partial charge in [-0.1, -0.05) is 0 Å². The maximum absolute atomic E-state index is 12.7. The molecule has 0 N–H and O–H groups in total. The lowest BCUT2D eigenvalue weighted by atomic mass is 10.2. The van der Waals surface area contributed by atoms with Crippen molar-refractivity contribution in [2.24, 2.45) is 0 Å². The molecule has 20 heavy (non-hydrogen) atoms. The Labute approximate surface area is 120 Å². The van der Waals surface area contributed by atoms with Crippen LogP contribution in [0.1, 0.15) is 19.4 Å². The molecule has 1 fully saturated rings. The molecule has 1 aliphatic heterocycles. The third-order valence-electron chi connectivity index (χ3n) is 3.39. The summed E-state index contributed by atoms with van der Waals surface area (Å²) < 4.78 is 37.6. The lowest BCUT2D eigenvalue weighted by Crippen LogP contribution is -2.48. The van der Waals surface area contributed by atoms with Gasteiger partial charge in [0.1, 0.15) is 5.75 Å². The Morgan fingerprint density at radius 1 is 1.25 bits per heavy atom. The van der Waals surface area contributed by atoms with E-state index in [1.54, 1.807) is 25.3 Å². The first-order valence-corrected chi connectivity index (χ1v) is 8.09. The van der Waals surface area contributed by atoms with Crippen molar-refractivity contribution in [3.8, 4) is 5.75 Å². The molecule has 2 atom stereocenters. The van der Waals surface area contributed by atoms with Gasteiger partial charge in [0.25, 0.3) is 0 Å². The van der Waals surface area contributed by atoms with Crippen LogP contribution in [0.2, 0.25) is 0 Å². The Morgan fingerprint density at radius 2 is 1.85 bits per heavy atom. The normalized spacial score (nSPS) is 24.6. The molecule has 0 radical (unpaired) electrons. The monoisotopic (exact) mass is 299 g/mol. The zero-order valence-corrected chi connectivity index (χ0v) is 13.1. The Morgan fingerprint density at radius 3 is 2.35 bits per heavy atom. The third-order valence-corrected chi connectivity index (χ3v) is 5.22. The molecule has 0 bridgehead atoms. The largest absolute Gasteiger partial charge is 0.496 e. The van der Waals surface area contributed by atoms with Crippen molar-refractivity contribution in [1.82, 2.24) is 4.31 Å². The smallest absolute Gasteiger partial charge is 0.243 e. The lowest BCUT2D eigenvalue weighted by Gasteiger charge is -2.34. The highest BCUT2D eigenvalue weighted by atomic mass is 32.2.